The Kier molecular flexibility index (Phi) is 6.44. The van der Waals surface area contributed by atoms with Crippen molar-refractivity contribution in [2.45, 2.75) is 13.0 Å². The van der Waals surface area contributed by atoms with E-state index >= 15 is 0 Å². The van der Waals surface area contributed by atoms with Crippen LogP contribution in [-0.2, 0) is 9.53 Å². The molecule has 4 heterocycles. The van der Waals surface area contributed by atoms with E-state index in [0.29, 0.717) is 39.1 Å². The summed E-state index contributed by atoms with van der Waals surface area (Å²) in [5.41, 5.74) is 3.92. The van der Waals surface area contributed by atoms with Crippen LogP contribution in [0.2, 0.25) is 0 Å². The van der Waals surface area contributed by atoms with Gasteiger partial charge in [-0.1, -0.05) is 30.3 Å². The quantitative estimate of drug-likeness (QED) is 0.231. The number of fused-ring (bicyclic) bond motifs is 1. The van der Waals surface area contributed by atoms with Gasteiger partial charge in [0.05, 0.1) is 34.8 Å². The van der Waals surface area contributed by atoms with Crippen molar-refractivity contribution in [3.8, 4) is 34.2 Å². The molecule has 0 saturated carbocycles. The number of ether oxygens (including phenoxy) is 1. The van der Waals surface area contributed by atoms with E-state index in [1.165, 1.54) is 18.3 Å². The predicted molar refractivity (Wildman–Crippen MR) is 146 cm³/mol. The Morgan fingerprint density at radius 3 is 2.21 bits per heavy atom. The van der Waals surface area contributed by atoms with Crippen LogP contribution in [-0.4, -0.2) is 32.9 Å². The molecule has 0 aliphatic carbocycles. The van der Waals surface area contributed by atoms with Crippen molar-refractivity contribution in [3.05, 3.63) is 96.3 Å². The zero-order valence-electron chi connectivity index (χ0n) is 20.5. The number of esters is 1. The van der Waals surface area contributed by atoms with Crippen molar-refractivity contribution in [2.75, 3.05) is 5.32 Å². The number of hydrogen-bond acceptors (Lipinski definition) is 9. The van der Waals surface area contributed by atoms with Crippen LogP contribution in [0.25, 0.3) is 45.2 Å². The SMILES string of the molecule is CC(OC(=O)c1ccc2nc(-c3ccco3)c(-c3ccco3)nc2c1)C(=O)Nc1nc(-c2ccccc2)cs1. The number of rotatable bonds is 7. The van der Waals surface area contributed by atoms with Crippen molar-refractivity contribution in [3.63, 3.8) is 0 Å². The molecule has 4 aromatic heterocycles. The smallest absolute Gasteiger partial charge is 0.338 e. The Morgan fingerprint density at radius 2 is 1.54 bits per heavy atom. The molecule has 1 N–H and O–H groups in total. The summed E-state index contributed by atoms with van der Waals surface area (Å²) in [6.07, 6.45) is 2.05. The number of carbonyl (C=O) groups excluding carboxylic acids is 2. The van der Waals surface area contributed by atoms with Crippen molar-refractivity contribution < 1.29 is 23.2 Å². The lowest BCUT2D eigenvalue weighted by Crippen LogP contribution is -2.30. The van der Waals surface area contributed by atoms with Crippen LogP contribution in [0, 0.1) is 0 Å². The second-order valence-electron chi connectivity index (χ2n) is 8.52. The van der Waals surface area contributed by atoms with Crippen molar-refractivity contribution in [1.82, 2.24) is 15.0 Å². The molecule has 1 unspecified atom stereocenters. The van der Waals surface area contributed by atoms with Crippen molar-refractivity contribution in [1.29, 1.82) is 0 Å². The minimum atomic E-state index is -1.05. The highest BCUT2D eigenvalue weighted by atomic mass is 32.1. The number of thiazole rings is 1. The molecule has 0 radical (unpaired) electrons. The number of amides is 1. The van der Waals surface area contributed by atoms with Gasteiger partial charge in [-0.15, -0.1) is 11.3 Å². The van der Waals surface area contributed by atoms with Crippen molar-refractivity contribution in [2.24, 2.45) is 0 Å². The molecular formula is C29H20N4O5S. The molecule has 0 saturated heterocycles. The van der Waals surface area contributed by atoms with Gasteiger partial charge in [-0.25, -0.2) is 19.7 Å². The Labute approximate surface area is 226 Å². The number of furan rings is 2. The first-order valence-electron chi connectivity index (χ1n) is 12.0. The lowest BCUT2D eigenvalue weighted by molar-refractivity contribution is -0.123. The molecular weight excluding hydrogens is 516 g/mol. The van der Waals surface area contributed by atoms with E-state index in [1.807, 2.05) is 35.7 Å². The summed E-state index contributed by atoms with van der Waals surface area (Å²) in [6, 6.07) is 21.5. The van der Waals surface area contributed by atoms with Gasteiger partial charge < -0.3 is 13.6 Å². The van der Waals surface area contributed by atoms with E-state index in [1.54, 1.807) is 55.0 Å². The predicted octanol–water partition coefficient (Wildman–Crippen LogP) is 6.46. The van der Waals surface area contributed by atoms with Gasteiger partial charge in [-0.05, 0) is 49.4 Å². The van der Waals surface area contributed by atoms with Gasteiger partial charge >= 0.3 is 5.97 Å². The number of benzene rings is 2. The second-order valence-corrected chi connectivity index (χ2v) is 9.38. The van der Waals surface area contributed by atoms with E-state index in [9.17, 15) is 9.59 Å². The second kappa shape index (κ2) is 10.3. The fourth-order valence-corrected chi connectivity index (χ4v) is 4.64. The first-order chi connectivity index (χ1) is 19.0. The highest BCUT2D eigenvalue weighted by Gasteiger charge is 2.22. The van der Waals surface area contributed by atoms with Crippen LogP contribution in [0.3, 0.4) is 0 Å². The molecule has 1 atom stereocenters. The third-order valence-corrected chi connectivity index (χ3v) is 6.62. The van der Waals surface area contributed by atoms with Gasteiger partial charge in [0.15, 0.2) is 22.8 Å². The van der Waals surface area contributed by atoms with Gasteiger partial charge in [0.1, 0.15) is 11.4 Å². The molecule has 1 amide bonds. The van der Waals surface area contributed by atoms with Gasteiger partial charge in [-0.3, -0.25) is 10.1 Å². The fourth-order valence-electron chi connectivity index (χ4n) is 3.91. The van der Waals surface area contributed by atoms with Crippen molar-refractivity contribution >= 4 is 39.4 Å². The molecule has 10 heteroatoms. The van der Waals surface area contributed by atoms with Gasteiger partial charge in [0.25, 0.3) is 5.91 Å². The lowest BCUT2D eigenvalue weighted by atomic mass is 10.1. The normalized spacial score (nSPS) is 11.8. The third kappa shape index (κ3) is 5.05. The van der Waals surface area contributed by atoms with Gasteiger partial charge in [0, 0.05) is 10.9 Å². The van der Waals surface area contributed by atoms with Gasteiger partial charge in [-0.2, -0.15) is 0 Å². The molecule has 0 bridgehead atoms. The monoisotopic (exact) mass is 536 g/mol. The molecule has 9 nitrogen and oxygen atoms in total. The number of hydrogen-bond donors (Lipinski definition) is 1. The van der Waals surface area contributed by atoms with Crippen LogP contribution < -0.4 is 5.32 Å². The molecule has 6 aromatic rings. The van der Waals surface area contributed by atoms with Gasteiger partial charge in [0.2, 0.25) is 0 Å². The van der Waals surface area contributed by atoms with Crippen LogP contribution in [0.15, 0.2) is 99.5 Å². The van der Waals surface area contributed by atoms with Crippen LogP contribution in [0.1, 0.15) is 17.3 Å². The zero-order chi connectivity index (χ0) is 26.8. The average molecular weight is 537 g/mol. The summed E-state index contributed by atoms with van der Waals surface area (Å²) in [5.74, 6) is -0.108. The topological polar surface area (TPSA) is 120 Å². The molecule has 0 aliphatic heterocycles. The summed E-state index contributed by atoms with van der Waals surface area (Å²) in [7, 11) is 0. The fraction of sp³-hybridized carbons (Fsp3) is 0.0690. The molecule has 0 fully saturated rings. The summed E-state index contributed by atoms with van der Waals surface area (Å²) in [5, 5.41) is 4.98. The average Bonchev–Trinajstić information content (AvgIpc) is 3.76. The molecule has 192 valence electrons. The molecule has 0 aliphatic rings. The minimum absolute atomic E-state index is 0.230. The first kappa shape index (κ1) is 24.3. The number of aromatic nitrogens is 3. The zero-order valence-corrected chi connectivity index (χ0v) is 21.3. The maximum Gasteiger partial charge on any atom is 0.338 e. The van der Waals surface area contributed by atoms with E-state index < -0.39 is 18.0 Å². The number of anilines is 1. The molecule has 6 rings (SSSR count). The Balaban J connectivity index is 1.19. The largest absolute Gasteiger partial charge is 0.463 e. The summed E-state index contributed by atoms with van der Waals surface area (Å²) < 4.78 is 16.5. The molecule has 2 aromatic carbocycles. The lowest BCUT2D eigenvalue weighted by Gasteiger charge is -2.13. The van der Waals surface area contributed by atoms with E-state index in [4.69, 9.17) is 23.5 Å². The Bertz CT molecular complexity index is 1760. The Hall–Kier alpha value is -5.09. The number of carbonyl (C=O) groups is 2. The third-order valence-electron chi connectivity index (χ3n) is 5.87. The highest BCUT2D eigenvalue weighted by molar-refractivity contribution is 7.14. The number of nitrogens with zero attached hydrogens (tertiary/aromatic N) is 3. The summed E-state index contributed by atoms with van der Waals surface area (Å²) >= 11 is 1.29. The standard InChI is InChI=1S/C29H20N4O5S/c1-17(27(34)33-29-32-22(16-39-29)18-7-3-2-4-8-18)38-28(35)19-11-12-20-21(15-19)31-26(24-10-6-14-37-24)25(30-20)23-9-5-13-36-23/h2-17H,1H3,(H,32,33,34). The van der Waals surface area contributed by atoms with Crippen LogP contribution in [0.5, 0.6) is 0 Å². The van der Waals surface area contributed by atoms with E-state index in [-0.39, 0.29) is 5.56 Å². The summed E-state index contributed by atoms with van der Waals surface area (Å²) in [6.45, 7) is 1.50. The van der Waals surface area contributed by atoms with E-state index in [2.05, 4.69) is 10.3 Å². The number of nitrogens with one attached hydrogen (secondary N) is 1. The highest BCUT2D eigenvalue weighted by Crippen LogP contribution is 2.32. The Morgan fingerprint density at radius 1 is 0.846 bits per heavy atom. The maximum absolute atomic E-state index is 12.9. The maximum atomic E-state index is 12.9. The summed E-state index contributed by atoms with van der Waals surface area (Å²) in [4.78, 5) is 39.5. The minimum Gasteiger partial charge on any atom is -0.463 e. The molecule has 0 spiro atoms. The van der Waals surface area contributed by atoms with E-state index in [0.717, 1.165) is 11.3 Å². The van der Waals surface area contributed by atoms with Crippen LogP contribution >= 0.6 is 11.3 Å². The molecule has 39 heavy (non-hydrogen) atoms. The van der Waals surface area contributed by atoms with Crippen LogP contribution in [0.4, 0.5) is 5.13 Å². The first-order valence-corrected chi connectivity index (χ1v) is 12.9.